The van der Waals surface area contributed by atoms with Crippen LogP contribution in [0.1, 0.15) is 33.6 Å². The largest absolute Gasteiger partial charge is 0.391 e. The van der Waals surface area contributed by atoms with Crippen molar-refractivity contribution in [2.45, 2.75) is 52.1 Å². The van der Waals surface area contributed by atoms with E-state index >= 15 is 0 Å². The molecule has 0 rings (SSSR count). The summed E-state index contributed by atoms with van der Waals surface area (Å²) in [5.41, 5.74) is 0. The van der Waals surface area contributed by atoms with Crippen LogP contribution in [0.2, 0.25) is 0 Å². The minimum atomic E-state index is -0.482. The molecule has 0 aromatic carbocycles. The predicted molar refractivity (Wildman–Crippen MR) is 54.0 cm³/mol. The maximum Gasteiger partial charge on any atom is 0.157 e. The van der Waals surface area contributed by atoms with Gasteiger partial charge >= 0.3 is 0 Å². The highest BCUT2D eigenvalue weighted by atomic mass is 16.7. The molecule has 0 aromatic heterocycles. The lowest BCUT2D eigenvalue weighted by molar-refractivity contribution is -0.170. The van der Waals surface area contributed by atoms with Gasteiger partial charge in [-0.25, -0.2) is 0 Å². The Morgan fingerprint density at radius 3 is 1.71 bits per heavy atom. The molecule has 86 valence electrons. The molecule has 0 amide bonds. The zero-order valence-electron chi connectivity index (χ0n) is 9.27. The molecular weight excluding hydrogens is 184 g/mol. The van der Waals surface area contributed by atoms with Crippen molar-refractivity contribution in [2.75, 3.05) is 13.2 Å². The highest BCUT2D eigenvalue weighted by molar-refractivity contribution is 4.50. The van der Waals surface area contributed by atoms with Crippen molar-refractivity contribution in [2.24, 2.45) is 0 Å². The van der Waals surface area contributed by atoms with Crippen molar-refractivity contribution in [3.63, 3.8) is 0 Å². The van der Waals surface area contributed by atoms with E-state index in [9.17, 15) is 0 Å². The first-order valence-electron chi connectivity index (χ1n) is 5.15. The van der Waals surface area contributed by atoms with Gasteiger partial charge in [0.15, 0.2) is 6.29 Å². The Morgan fingerprint density at radius 2 is 1.43 bits per heavy atom. The number of ether oxygens (including phenoxy) is 2. The Balaban J connectivity index is 3.65. The first-order chi connectivity index (χ1) is 6.56. The standard InChI is InChI=1S/C10H22O4/c1-4-5-10(13-6-8(2)11)14-7-9(3)12/h8-12H,4-7H2,1-3H3. The number of hydrogen-bond donors (Lipinski definition) is 2. The van der Waals surface area contributed by atoms with E-state index in [4.69, 9.17) is 19.7 Å². The van der Waals surface area contributed by atoms with Gasteiger partial charge in [0.05, 0.1) is 25.4 Å². The Kier molecular flexibility index (Phi) is 8.08. The molecule has 2 N–H and O–H groups in total. The second-order valence-corrected chi connectivity index (χ2v) is 3.58. The fraction of sp³-hybridized carbons (Fsp3) is 1.00. The fourth-order valence-corrected chi connectivity index (χ4v) is 0.944. The molecule has 0 aliphatic heterocycles. The summed E-state index contributed by atoms with van der Waals surface area (Å²) in [6.07, 6.45) is 0.446. The molecule has 0 fully saturated rings. The predicted octanol–water partition coefficient (Wildman–Crippen LogP) is 0.907. The van der Waals surface area contributed by atoms with Crippen molar-refractivity contribution in [1.82, 2.24) is 0 Å². The molecule has 0 bridgehead atoms. The SMILES string of the molecule is CCCC(OCC(C)O)OCC(C)O. The molecule has 2 unspecified atom stereocenters. The summed E-state index contributed by atoms with van der Waals surface area (Å²) in [7, 11) is 0. The molecule has 0 aliphatic rings. The highest BCUT2D eigenvalue weighted by Crippen LogP contribution is 2.05. The zero-order valence-corrected chi connectivity index (χ0v) is 9.27. The lowest BCUT2D eigenvalue weighted by Gasteiger charge is -2.19. The van der Waals surface area contributed by atoms with Gasteiger partial charge in [-0.05, 0) is 20.3 Å². The normalized spacial score (nSPS) is 17.8. The molecule has 0 saturated carbocycles. The third-order valence-electron chi connectivity index (χ3n) is 1.57. The summed E-state index contributed by atoms with van der Waals surface area (Å²) in [5.74, 6) is 0. The molecule has 0 aromatic rings. The Hall–Kier alpha value is -0.160. The lowest BCUT2D eigenvalue weighted by atomic mass is 10.3. The number of aliphatic hydroxyl groups excluding tert-OH is 2. The van der Waals surface area contributed by atoms with Gasteiger partial charge in [0.2, 0.25) is 0 Å². The van der Waals surface area contributed by atoms with Gasteiger partial charge in [0.1, 0.15) is 0 Å². The van der Waals surface area contributed by atoms with Crippen LogP contribution in [0.15, 0.2) is 0 Å². The topological polar surface area (TPSA) is 58.9 Å². The first-order valence-corrected chi connectivity index (χ1v) is 5.15. The van der Waals surface area contributed by atoms with Crippen LogP contribution in [-0.4, -0.2) is 41.9 Å². The highest BCUT2D eigenvalue weighted by Gasteiger charge is 2.10. The van der Waals surface area contributed by atoms with Crippen LogP contribution >= 0.6 is 0 Å². The van der Waals surface area contributed by atoms with Crippen molar-refractivity contribution in [3.05, 3.63) is 0 Å². The number of hydrogen-bond acceptors (Lipinski definition) is 4. The summed E-state index contributed by atoms with van der Waals surface area (Å²) in [6, 6.07) is 0. The maximum absolute atomic E-state index is 9.02. The second kappa shape index (κ2) is 8.17. The molecule has 0 spiro atoms. The van der Waals surface area contributed by atoms with E-state index < -0.39 is 12.2 Å². The molecule has 4 heteroatoms. The summed E-state index contributed by atoms with van der Waals surface area (Å²) < 4.78 is 10.6. The average molecular weight is 206 g/mol. The van der Waals surface area contributed by atoms with Crippen molar-refractivity contribution in [3.8, 4) is 0 Å². The van der Waals surface area contributed by atoms with Crippen molar-refractivity contribution in [1.29, 1.82) is 0 Å². The molecule has 0 aliphatic carbocycles. The third-order valence-corrected chi connectivity index (χ3v) is 1.57. The van der Waals surface area contributed by atoms with Crippen LogP contribution in [0.4, 0.5) is 0 Å². The lowest BCUT2D eigenvalue weighted by Crippen LogP contribution is -2.25. The van der Waals surface area contributed by atoms with Gasteiger partial charge in [-0.1, -0.05) is 13.3 Å². The summed E-state index contributed by atoms with van der Waals surface area (Å²) in [4.78, 5) is 0. The van der Waals surface area contributed by atoms with Crippen LogP contribution in [-0.2, 0) is 9.47 Å². The van der Waals surface area contributed by atoms with E-state index in [1.807, 2.05) is 6.92 Å². The monoisotopic (exact) mass is 206 g/mol. The van der Waals surface area contributed by atoms with E-state index in [1.54, 1.807) is 13.8 Å². The van der Waals surface area contributed by atoms with Crippen molar-refractivity contribution >= 4 is 0 Å². The van der Waals surface area contributed by atoms with Crippen LogP contribution in [0.3, 0.4) is 0 Å². The molecular formula is C10H22O4. The minimum absolute atomic E-state index is 0.268. The fourth-order valence-electron chi connectivity index (χ4n) is 0.944. The molecule has 0 radical (unpaired) electrons. The molecule has 4 nitrogen and oxygen atoms in total. The van der Waals surface area contributed by atoms with E-state index in [0.717, 1.165) is 12.8 Å². The van der Waals surface area contributed by atoms with E-state index in [0.29, 0.717) is 0 Å². The quantitative estimate of drug-likeness (QED) is 0.579. The third kappa shape index (κ3) is 8.44. The Labute approximate surface area is 85.8 Å². The zero-order chi connectivity index (χ0) is 11.0. The van der Waals surface area contributed by atoms with E-state index in [2.05, 4.69) is 0 Å². The smallest absolute Gasteiger partial charge is 0.157 e. The van der Waals surface area contributed by atoms with Gasteiger partial charge in [0, 0.05) is 0 Å². The van der Waals surface area contributed by atoms with E-state index in [-0.39, 0.29) is 19.5 Å². The summed E-state index contributed by atoms with van der Waals surface area (Å²) in [5, 5.41) is 18.0. The van der Waals surface area contributed by atoms with Crippen LogP contribution in [0, 0.1) is 0 Å². The Morgan fingerprint density at radius 1 is 1.00 bits per heavy atom. The minimum Gasteiger partial charge on any atom is -0.391 e. The van der Waals surface area contributed by atoms with Gasteiger partial charge in [-0.3, -0.25) is 0 Å². The van der Waals surface area contributed by atoms with Gasteiger partial charge in [-0.15, -0.1) is 0 Å². The van der Waals surface area contributed by atoms with Gasteiger partial charge in [0.25, 0.3) is 0 Å². The summed E-state index contributed by atoms with van der Waals surface area (Å²) in [6.45, 7) is 5.90. The first kappa shape index (κ1) is 13.8. The van der Waals surface area contributed by atoms with E-state index in [1.165, 1.54) is 0 Å². The Bertz CT molecular complexity index is 113. The van der Waals surface area contributed by atoms with Crippen LogP contribution in [0.25, 0.3) is 0 Å². The molecule has 0 heterocycles. The maximum atomic E-state index is 9.02. The van der Waals surface area contributed by atoms with Crippen LogP contribution in [0.5, 0.6) is 0 Å². The summed E-state index contributed by atoms with van der Waals surface area (Å²) >= 11 is 0. The number of rotatable bonds is 8. The van der Waals surface area contributed by atoms with Crippen molar-refractivity contribution < 1.29 is 19.7 Å². The van der Waals surface area contributed by atoms with Crippen LogP contribution < -0.4 is 0 Å². The molecule has 2 atom stereocenters. The molecule has 0 saturated heterocycles. The average Bonchev–Trinajstić information content (AvgIpc) is 2.09. The van der Waals surface area contributed by atoms with Gasteiger partial charge < -0.3 is 19.7 Å². The second-order valence-electron chi connectivity index (χ2n) is 3.58. The van der Waals surface area contributed by atoms with Gasteiger partial charge in [-0.2, -0.15) is 0 Å². The molecule has 14 heavy (non-hydrogen) atoms. The number of aliphatic hydroxyl groups is 2.